The van der Waals surface area contributed by atoms with Crippen molar-refractivity contribution in [2.75, 3.05) is 19.6 Å². The Morgan fingerprint density at radius 3 is 2.71 bits per heavy atom. The summed E-state index contributed by atoms with van der Waals surface area (Å²) in [6.07, 6.45) is 2.19. The largest absolute Gasteiger partial charge is 0.339 e. The van der Waals surface area contributed by atoms with Crippen LogP contribution in [0.3, 0.4) is 0 Å². The van der Waals surface area contributed by atoms with Crippen LogP contribution in [-0.4, -0.2) is 30.4 Å². The van der Waals surface area contributed by atoms with Gasteiger partial charge in [0.05, 0.1) is 0 Å². The van der Waals surface area contributed by atoms with Gasteiger partial charge in [-0.2, -0.15) is 0 Å². The van der Waals surface area contributed by atoms with E-state index < -0.39 is 0 Å². The van der Waals surface area contributed by atoms with Crippen molar-refractivity contribution in [3.8, 4) is 0 Å². The fourth-order valence-electron chi connectivity index (χ4n) is 2.45. The monoisotopic (exact) mass is 230 g/mol. The van der Waals surface area contributed by atoms with E-state index in [-0.39, 0.29) is 0 Å². The van der Waals surface area contributed by atoms with E-state index in [2.05, 4.69) is 29.6 Å². The van der Waals surface area contributed by atoms with Crippen molar-refractivity contribution in [3.63, 3.8) is 0 Å². The van der Waals surface area contributed by atoms with Gasteiger partial charge in [-0.05, 0) is 18.4 Å². The topological polar surface area (TPSA) is 32.3 Å². The highest BCUT2D eigenvalue weighted by Gasteiger charge is 2.35. The molecule has 1 unspecified atom stereocenters. The second kappa shape index (κ2) is 4.49. The molecule has 1 aliphatic heterocycles. The van der Waals surface area contributed by atoms with E-state index in [9.17, 15) is 4.79 Å². The molecule has 1 aromatic carbocycles. The molecule has 17 heavy (non-hydrogen) atoms. The molecule has 2 aliphatic rings. The predicted molar refractivity (Wildman–Crippen MR) is 66.5 cm³/mol. The first kappa shape index (κ1) is 10.8. The first-order chi connectivity index (χ1) is 8.34. The zero-order valence-corrected chi connectivity index (χ0v) is 9.93. The van der Waals surface area contributed by atoms with Crippen LogP contribution in [0, 0.1) is 5.92 Å². The normalized spacial score (nSPS) is 24.7. The van der Waals surface area contributed by atoms with E-state index in [1.807, 2.05) is 11.0 Å². The lowest BCUT2D eigenvalue weighted by atomic mass is 10.0. The summed E-state index contributed by atoms with van der Waals surface area (Å²) < 4.78 is 0. The minimum Gasteiger partial charge on any atom is -0.339 e. The molecule has 1 atom stereocenters. The molecule has 1 heterocycles. The molecule has 3 nitrogen and oxygen atoms in total. The summed E-state index contributed by atoms with van der Waals surface area (Å²) in [7, 11) is 0. The molecule has 1 saturated carbocycles. The van der Waals surface area contributed by atoms with E-state index in [0.717, 1.165) is 32.5 Å². The molecule has 1 saturated heterocycles. The fraction of sp³-hybridized carbons (Fsp3) is 0.500. The van der Waals surface area contributed by atoms with E-state index in [1.54, 1.807) is 0 Å². The predicted octanol–water partition coefficient (Wildman–Crippen LogP) is 1.57. The maximum absolute atomic E-state index is 12.0. The summed E-state index contributed by atoms with van der Waals surface area (Å²) >= 11 is 0. The average molecular weight is 230 g/mol. The summed E-state index contributed by atoms with van der Waals surface area (Å²) in [4.78, 5) is 14.1. The third kappa shape index (κ3) is 2.34. The van der Waals surface area contributed by atoms with Gasteiger partial charge in [0.1, 0.15) is 0 Å². The molecule has 3 heteroatoms. The highest BCUT2D eigenvalue weighted by Crippen LogP contribution is 2.32. The minimum absolute atomic E-state index is 0.299. The Bertz CT molecular complexity index is 400. The van der Waals surface area contributed by atoms with Crippen LogP contribution in [0.15, 0.2) is 30.3 Å². The van der Waals surface area contributed by atoms with Crippen molar-refractivity contribution in [2.24, 2.45) is 5.92 Å². The fourth-order valence-corrected chi connectivity index (χ4v) is 2.45. The lowest BCUT2D eigenvalue weighted by Crippen LogP contribution is -2.48. The molecule has 3 rings (SSSR count). The summed E-state index contributed by atoms with van der Waals surface area (Å²) in [6, 6.07) is 10.7. The smallest absolute Gasteiger partial charge is 0.225 e. The molecule has 0 radical (unpaired) electrons. The average Bonchev–Trinajstić information content (AvgIpc) is 3.23. The maximum Gasteiger partial charge on any atom is 0.225 e. The highest BCUT2D eigenvalue weighted by molar-refractivity contribution is 5.81. The summed E-state index contributed by atoms with van der Waals surface area (Å²) in [5.41, 5.74) is 1.28. The van der Waals surface area contributed by atoms with Gasteiger partial charge in [-0.3, -0.25) is 4.79 Å². The van der Waals surface area contributed by atoms with Gasteiger partial charge in [-0.15, -0.1) is 0 Å². The number of nitrogens with one attached hydrogen (secondary N) is 1. The number of hydrogen-bond donors (Lipinski definition) is 1. The molecule has 0 spiro atoms. The molecule has 90 valence electrons. The van der Waals surface area contributed by atoms with Crippen LogP contribution < -0.4 is 5.32 Å². The zero-order valence-electron chi connectivity index (χ0n) is 9.93. The number of piperazine rings is 1. The minimum atomic E-state index is 0.299. The number of rotatable bonds is 2. The first-order valence-electron chi connectivity index (χ1n) is 6.42. The first-order valence-corrected chi connectivity index (χ1v) is 6.42. The van der Waals surface area contributed by atoms with Crippen molar-refractivity contribution in [3.05, 3.63) is 35.9 Å². The SMILES string of the molecule is O=C(C1CC1)N1CCNC(c2ccccc2)C1. The van der Waals surface area contributed by atoms with Crippen LogP contribution >= 0.6 is 0 Å². The van der Waals surface area contributed by atoms with Crippen LogP contribution in [0.2, 0.25) is 0 Å². The van der Waals surface area contributed by atoms with Crippen LogP contribution in [0.1, 0.15) is 24.4 Å². The highest BCUT2D eigenvalue weighted by atomic mass is 16.2. The number of hydrogen-bond acceptors (Lipinski definition) is 2. The number of carbonyl (C=O) groups excluding carboxylic acids is 1. The quantitative estimate of drug-likeness (QED) is 0.836. The Balaban J connectivity index is 1.69. The number of benzene rings is 1. The van der Waals surface area contributed by atoms with E-state index >= 15 is 0 Å². The summed E-state index contributed by atoms with van der Waals surface area (Å²) in [5.74, 6) is 0.706. The Morgan fingerprint density at radius 1 is 1.24 bits per heavy atom. The molecule has 1 aliphatic carbocycles. The third-order valence-corrected chi connectivity index (χ3v) is 3.62. The second-order valence-electron chi connectivity index (χ2n) is 4.98. The Labute approximate surface area is 102 Å². The lowest BCUT2D eigenvalue weighted by Gasteiger charge is -2.34. The van der Waals surface area contributed by atoms with Crippen molar-refractivity contribution >= 4 is 5.91 Å². The Morgan fingerprint density at radius 2 is 2.00 bits per heavy atom. The van der Waals surface area contributed by atoms with Gasteiger partial charge < -0.3 is 10.2 Å². The third-order valence-electron chi connectivity index (χ3n) is 3.62. The van der Waals surface area contributed by atoms with Gasteiger partial charge >= 0.3 is 0 Å². The van der Waals surface area contributed by atoms with Gasteiger partial charge in [0.2, 0.25) is 5.91 Å². The molecule has 1 aromatic rings. The molecular weight excluding hydrogens is 212 g/mol. The summed E-state index contributed by atoms with van der Waals surface area (Å²) in [5, 5.41) is 3.49. The van der Waals surface area contributed by atoms with Crippen molar-refractivity contribution in [1.29, 1.82) is 0 Å². The Hall–Kier alpha value is -1.35. The van der Waals surface area contributed by atoms with E-state index in [0.29, 0.717) is 17.9 Å². The Kier molecular flexibility index (Phi) is 2.85. The summed E-state index contributed by atoms with van der Waals surface area (Å²) in [6.45, 7) is 2.58. The van der Waals surface area contributed by atoms with E-state index in [4.69, 9.17) is 0 Å². The van der Waals surface area contributed by atoms with Gasteiger partial charge in [0.15, 0.2) is 0 Å². The van der Waals surface area contributed by atoms with Gasteiger partial charge in [0, 0.05) is 31.6 Å². The van der Waals surface area contributed by atoms with Crippen molar-refractivity contribution < 1.29 is 4.79 Å². The maximum atomic E-state index is 12.0. The van der Waals surface area contributed by atoms with Crippen LogP contribution in [0.4, 0.5) is 0 Å². The van der Waals surface area contributed by atoms with Crippen molar-refractivity contribution in [2.45, 2.75) is 18.9 Å². The molecule has 2 fully saturated rings. The van der Waals surface area contributed by atoms with Gasteiger partial charge in [-0.25, -0.2) is 0 Å². The van der Waals surface area contributed by atoms with Crippen molar-refractivity contribution in [1.82, 2.24) is 10.2 Å². The van der Waals surface area contributed by atoms with Gasteiger partial charge in [-0.1, -0.05) is 30.3 Å². The molecular formula is C14H18N2O. The van der Waals surface area contributed by atoms with Crippen LogP contribution in [-0.2, 0) is 4.79 Å². The second-order valence-corrected chi connectivity index (χ2v) is 4.98. The molecule has 1 N–H and O–H groups in total. The lowest BCUT2D eigenvalue weighted by molar-refractivity contribution is -0.133. The molecule has 0 bridgehead atoms. The zero-order chi connectivity index (χ0) is 11.7. The number of amides is 1. The molecule has 1 amide bonds. The van der Waals surface area contributed by atoms with Crippen LogP contribution in [0.25, 0.3) is 0 Å². The number of carbonyl (C=O) groups is 1. The number of nitrogens with zero attached hydrogens (tertiary/aromatic N) is 1. The van der Waals surface area contributed by atoms with Crippen LogP contribution in [0.5, 0.6) is 0 Å². The van der Waals surface area contributed by atoms with E-state index in [1.165, 1.54) is 5.56 Å². The standard InChI is InChI=1S/C14H18N2O/c17-14(12-6-7-12)16-9-8-15-13(10-16)11-4-2-1-3-5-11/h1-5,12-13,15H,6-10H2. The molecule has 0 aromatic heterocycles. The van der Waals surface area contributed by atoms with Gasteiger partial charge in [0.25, 0.3) is 0 Å².